The van der Waals surface area contributed by atoms with Gasteiger partial charge in [0.1, 0.15) is 11.3 Å². The average Bonchev–Trinajstić information content (AvgIpc) is 3.89. The highest BCUT2D eigenvalue weighted by atomic mass is 32.1. The van der Waals surface area contributed by atoms with Crippen LogP contribution in [0.15, 0.2) is 95.1 Å². The molecular weight excluding hydrogens is 671 g/mol. The predicted molar refractivity (Wildman–Crippen MR) is 220 cm³/mol. The Balaban J connectivity index is 1.05. The fourth-order valence-electron chi connectivity index (χ4n) is 9.95. The number of allylic oxidation sites excluding steroid dienone is 4. The lowest BCUT2D eigenvalue weighted by atomic mass is 9.81. The monoisotopic (exact) mass is 713 g/mol. The van der Waals surface area contributed by atoms with Crippen LogP contribution in [0.1, 0.15) is 82.7 Å². The summed E-state index contributed by atoms with van der Waals surface area (Å²) in [4.78, 5) is 5.89. The van der Waals surface area contributed by atoms with E-state index in [1.54, 1.807) is 25.8 Å². The summed E-state index contributed by atoms with van der Waals surface area (Å²) in [6.45, 7) is 0. The molecule has 11 rings (SSSR count). The zero-order valence-corrected chi connectivity index (χ0v) is 31.2. The number of hydrogen-bond acceptors (Lipinski definition) is 4. The number of hydrogen-bond donors (Lipinski definition) is 0. The van der Waals surface area contributed by atoms with Gasteiger partial charge in [0, 0.05) is 43.1 Å². The van der Waals surface area contributed by atoms with Crippen molar-refractivity contribution in [3.8, 4) is 0 Å². The van der Waals surface area contributed by atoms with E-state index < -0.39 is 0 Å². The Morgan fingerprint density at radius 1 is 0.731 bits per heavy atom. The van der Waals surface area contributed by atoms with Gasteiger partial charge in [-0.15, -0.1) is 22.7 Å². The molecule has 0 aliphatic heterocycles. The van der Waals surface area contributed by atoms with E-state index in [1.807, 2.05) is 11.3 Å². The molecule has 0 amide bonds. The van der Waals surface area contributed by atoms with Crippen LogP contribution in [0.5, 0.6) is 0 Å². The molecule has 0 saturated heterocycles. The quantitative estimate of drug-likeness (QED) is 0.181. The highest BCUT2D eigenvalue weighted by Crippen LogP contribution is 2.40. The summed E-state index contributed by atoms with van der Waals surface area (Å²) in [5, 5.41) is 4.31. The summed E-state index contributed by atoms with van der Waals surface area (Å²) in [5.41, 5.74) is 11.1. The summed E-state index contributed by atoms with van der Waals surface area (Å²) in [5.74, 6) is 2.13. The first kappa shape index (κ1) is 31.2. The summed E-state index contributed by atoms with van der Waals surface area (Å²) < 4.78 is 9.61. The number of fused-ring (bicyclic) bond motifs is 9. The van der Waals surface area contributed by atoms with Crippen molar-refractivity contribution in [2.45, 2.75) is 76.7 Å². The van der Waals surface area contributed by atoms with Crippen LogP contribution in [-0.4, -0.2) is 10.9 Å². The first-order valence-corrected chi connectivity index (χ1v) is 21.2. The van der Waals surface area contributed by atoms with Gasteiger partial charge in [0.2, 0.25) is 0 Å². The average molecular weight is 714 g/mol. The summed E-state index contributed by atoms with van der Waals surface area (Å²) >= 11 is 4.12. The van der Waals surface area contributed by atoms with E-state index in [4.69, 9.17) is 4.42 Å². The molecule has 3 unspecified atom stereocenters. The lowest BCUT2D eigenvalue weighted by Gasteiger charge is -2.38. The Morgan fingerprint density at radius 2 is 1.60 bits per heavy atom. The molecule has 0 saturated carbocycles. The number of thiophene rings is 2. The molecule has 0 fully saturated rings. The third-order valence-electron chi connectivity index (χ3n) is 12.4. The van der Waals surface area contributed by atoms with Crippen molar-refractivity contribution in [2.24, 2.45) is 11.8 Å². The number of para-hydroxylation sites is 1. The molecule has 52 heavy (non-hydrogen) atoms. The maximum atomic E-state index is 6.59. The smallest absolute Gasteiger partial charge is 0.134 e. The van der Waals surface area contributed by atoms with Crippen molar-refractivity contribution in [3.05, 3.63) is 148 Å². The number of nitrogens with zero attached hydrogens (tertiary/aromatic N) is 1. The molecule has 0 bridgehead atoms. The molecule has 4 heteroatoms. The van der Waals surface area contributed by atoms with Gasteiger partial charge in [-0.25, -0.2) is 0 Å². The van der Waals surface area contributed by atoms with Crippen molar-refractivity contribution in [1.29, 1.82) is 0 Å². The van der Waals surface area contributed by atoms with E-state index in [9.17, 15) is 0 Å². The summed E-state index contributed by atoms with van der Waals surface area (Å²) in [7, 11) is 0. The van der Waals surface area contributed by atoms with Gasteiger partial charge in [0.05, 0.1) is 10.6 Å². The Labute approximate surface area is 313 Å². The zero-order chi connectivity index (χ0) is 34.2. The van der Waals surface area contributed by atoms with E-state index in [0.717, 1.165) is 56.3 Å². The maximum Gasteiger partial charge on any atom is 0.134 e. The van der Waals surface area contributed by atoms with Crippen molar-refractivity contribution in [3.63, 3.8) is 0 Å². The van der Waals surface area contributed by atoms with Gasteiger partial charge in [0.15, 0.2) is 0 Å². The van der Waals surface area contributed by atoms with Crippen LogP contribution in [0.25, 0.3) is 46.5 Å². The second-order valence-corrected chi connectivity index (χ2v) is 17.6. The fourth-order valence-corrected chi connectivity index (χ4v) is 12.8. The SMILES string of the molecule is C1=CC(N(C2=c3sc4c(c3=CCC2)CCC=C4c2ccccc2)C2C=Cc3c(oc4ccccc34)C2)=CC(C2C=c3c4c(sc3=CC2)CCCC4)C1. The summed E-state index contributed by atoms with van der Waals surface area (Å²) in [6, 6.07) is 19.8. The molecule has 6 aliphatic rings. The van der Waals surface area contributed by atoms with Gasteiger partial charge in [-0.3, -0.25) is 0 Å². The highest BCUT2D eigenvalue weighted by Gasteiger charge is 2.32. The van der Waals surface area contributed by atoms with Gasteiger partial charge in [-0.1, -0.05) is 97.1 Å². The normalized spacial score (nSPS) is 22.8. The molecule has 0 spiro atoms. The minimum absolute atomic E-state index is 0.185. The van der Waals surface area contributed by atoms with E-state index in [1.165, 1.54) is 73.8 Å². The lowest BCUT2D eigenvalue weighted by molar-refractivity contribution is 0.371. The Bertz CT molecular complexity index is 2640. The van der Waals surface area contributed by atoms with Crippen LogP contribution in [0.2, 0.25) is 0 Å². The van der Waals surface area contributed by atoms with Crippen LogP contribution in [0, 0.1) is 11.8 Å². The standard InChI is InChI=1S/C48H43NOS2/c1-2-11-30(12-3-1)35-17-9-18-39-40-19-10-20-42(48(40)52-47(35)39)49(34-24-25-37-36-15-4-6-21-43(36)50-44(37)29-34)33-14-8-13-31(27-33)32-23-26-46-41(28-32)38-16-5-7-22-45(38)51-46/h1-4,6,8,11-12,14-15,17,19,21,24-28,31-32,34H,5,7,9-10,13,16,18,20,22-23,29H2. The molecule has 2 aromatic carbocycles. The topological polar surface area (TPSA) is 16.4 Å². The number of benzene rings is 2. The van der Waals surface area contributed by atoms with Gasteiger partial charge in [-0.2, -0.15) is 0 Å². The van der Waals surface area contributed by atoms with E-state index >= 15 is 0 Å². The van der Waals surface area contributed by atoms with Crippen LogP contribution < -0.4 is 19.5 Å². The molecule has 0 radical (unpaired) electrons. The van der Waals surface area contributed by atoms with Crippen molar-refractivity contribution >= 4 is 69.2 Å². The van der Waals surface area contributed by atoms with E-state index in [2.05, 4.69) is 126 Å². The summed E-state index contributed by atoms with van der Waals surface area (Å²) in [6.07, 6.45) is 35.4. The molecule has 3 heterocycles. The molecule has 258 valence electrons. The minimum Gasteiger partial charge on any atom is -0.460 e. The van der Waals surface area contributed by atoms with Crippen LogP contribution in [-0.2, 0) is 25.7 Å². The van der Waals surface area contributed by atoms with Gasteiger partial charge < -0.3 is 9.32 Å². The molecule has 6 aliphatic carbocycles. The van der Waals surface area contributed by atoms with Crippen molar-refractivity contribution in [2.75, 3.05) is 0 Å². The fraction of sp³-hybridized carbons (Fsp3) is 0.292. The van der Waals surface area contributed by atoms with Crippen LogP contribution in [0.4, 0.5) is 0 Å². The third kappa shape index (κ3) is 5.09. The molecule has 0 N–H and O–H groups in total. The van der Waals surface area contributed by atoms with Crippen LogP contribution in [0.3, 0.4) is 0 Å². The van der Waals surface area contributed by atoms with Crippen LogP contribution >= 0.6 is 22.7 Å². The third-order valence-corrected chi connectivity index (χ3v) is 15.1. The van der Waals surface area contributed by atoms with E-state index in [0.29, 0.717) is 11.8 Å². The first-order chi connectivity index (χ1) is 25.8. The second kappa shape index (κ2) is 12.6. The van der Waals surface area contributed by atoms with Gasteiger partial charge in [-0.05, 0) is 121 Å². The minimum atomic E-state index is 0.185. The van der Waals surface area contributed by atoms with Gasteiger partial charge >= 0.3 is 0 Å². The van der Waals surface area contributed by atoms with Crippen molar-refractivity contribution in [1.82, 2.24) is 4.90 Å². The zero-order valence-electron chi connectivity index (χ0n) is 29.6. The predicted octanol–water partition coefficient (Wildman–Crippen LogP) is 9.18. The Morgan fingerprint density at radius 3 is 2.56 bits per heavy atom. The maximum absolute atomic E-state index is 6.59. The molecule has 3 aromatic heterocycles. The lowest BCUT2D eigenvalue weighted by Crippen LogP contribution is -2.41. The number of aryl methyl sites for hydroxylation is 1. The molecular formula is C48H43NOS2. The first-order valence-electron chi connectivity index (χ1n) is 19.6. The highest BCUT2D eigenvalue weighted by molar-refractivity contribution is 7.11. The second-order valence-electron chi connectivity index (χ2n) is 15.5. The molecule has 5 aromatic rings. The number of rotatable bonds is 5. The molecule has 2 nitrogen and oxygen atoms in total. The van der Waals surface area contributed by atoms with Crippen molar-refractivity contribution < 1.29 is 4.42 Å². The largest absolute Gasteiger partial charge is 0.460 e. The Kier molecular flexibility index (Phi) is 7.58. The van der Waals surface area contributed by atoms with Gasteiger partial charge in [0.25, 0.3) is 0 Å². The Hall–Kier alpha value is -4.38. The van der Waals surface area contributed by atoms with E-state index in [-0.39, 0.29) is 6.04 Å². The number of furan rings is 1. The molecule has 3 atom stereocenters.